The number of nitrogens with one attached hydrogen (secondary N) is 2. The molecule has 1 amide bonds. The van der Waals surface area contributed by atoms with Gasteiger partial charge in [0.1, 0.15) is 0 Å². The minimum absolute atomic E-state index is 0.0663. The molecule has 0 aromatic carbocycles. The highest BCUT2D eigenvalue weighted by atomic mass is 16.3. The summed E-state index contributed by atoms with van der Waals surface area (Å²) >= 11 is 0. The van der Waals surface area contributed by atoms with Gasteiger partial charge in [-0.25, -0.2) is 0 Å². The zero-order valence-electron chi connectivity index (χ0n) is 13.0. The summed E-state index contributed by atoms with van der Waals surface area (Å²) in [6.07, 6.45) is 8.46. The minimum Gasteiger partial charge on any atom is -0.389 e. The minimum atomic E-state index is -0.622. The van der Waals surface area contributed by atoms with Gasteiger partial charge in [-0.2, -0.15) is 0 Å². The van der Waals surface area contributed by atoms with E-state index in [0.717, 1.165) is 38.5 Å². The van der Waals surface area contributed by atoms with E-state index in [-0.39, 0.29) is 5.91 Å². The topological polar surface area (TPSA) is 61.4 Å². The molecule has 0 aromatic rings. The monoisotopic (exact) mass is 282 g/mol. The fourth-order valence-corrected chi connectivity index (χ4v) is 3.33. The molecular formula is C16H30N2O2. The lowest BCUT2D eigenvalue weighted by molar-refractivity contribution is -0.121. The van der Waals surface area contributed by atoms with Crippen molar-refractivity contribution in [2.45, 2.75) is 76.9 Å². The number of hydrogen-bond acceptors (Lipinski definition) is 3. The molecule has 0 aliphatic heterocycles. The van der Waals surface area contributed by atoms with Crippen LogP contribution in [-0.2, 0) is 4.79 Å². The molecule has 4 nitrogen and oxygen atoms in total. The molecule has 4 heteroatoms. The van der Waals surface area contributed by atoms with Crippen LogP contribution in [0.15, 0.2) is 0 Å². The molecule has 0 bridgehead atoms. The molecule has 0 saturated heterocycles. The first-order chi connectivity index (χ1) is 9.39. The van der Waals surface area contributed by atoms with Crippen LogP contribution in [0, 0.1) is 5.41 Å². The van der Waals surface area contributed by atoms with Crippen LogP contribution < -0.4 is 10.6 Å². The van der Waals surface area contributed by atoms with Gasteiger partial charge in [-0.05, 0) is 43.9 Å². The number of carbonyl (C=O) groups excluding carboxylic acids is 1. The van der Waals surface area contributed by atoms with Crippen molar-refractivity contribution in [1.29, 1.82) is 0 Å². The summed E-state index contributed by atoms with van der Waals surface area (Å²) in [6.45, 7) is 5.37. The molecule has 20 heavy (non-hydrogen) atoms. The predicted octanol–water partition coefficient (Wildman–Crippen LogP) is 1.97. The molecule has 0 spiro atoms. The fourth-order valence-electron chi connectivity index (χ4n) is 3.33. The molecule has 2 fully saturated rings. The zero-order chi connectivity index (χ0) is 14.6. The number of aliphatic hydroxyl groups is 1. The molecule has 2 saturated carbocycles. The highest BCUT2D eigenvalue weighted by molar-refractivity contribution is 5.78. The molecule has 0 atom stereocenters. The maximum absolute atomic E-state index is 11.8. The summed E-state index contributed by atoms with van der Waals surface area (Å²) in [5, 5.41) is 16.7. The molecule has 0 unspecified atom stereocenters. The average molecular weight is 282 g/mol. The van der Waals surface area contributed by atoms with Gasteiger partial charge in [0.2, 0.25) is 5.91 Å². The number of rotatable bonds is 5. The highest BCUT2D eigenvalue weighted by Crippen LogP contribution is 2.39. The van der Waals surface area contributed by atoms with Crippen molar-refractivity contribution in [2.24, 2.45) is 5.41 Å². The summed E-state index contributed by atoms with van der Waals surface area (Å²) < 4.78 is 0. The lowest BCUT2D eigenvalue weighted by Gasteiger charge is -2.40. The Morgan fingerprint density at radius 2 is 1.75 bits per heavy atom. The SMILES string of the molecule is CC1(C)CCC(O)(CNCC(=O)NC2CCCC2)CC1. The van der Waals surface area contributed by atoms with Gasteiger partial charge in [0.15, 0.2) is 0 Å². The summed E-state index contributed by atoms with van der Waals surface area (Å²) in [4.78, 5) is 11.8. The van der Waals surface area contributed by atoms with Gasteiger partial charge in [0, 0.05) is 12.6 Å². The Kier molecular flexibility index (Phi) is 5.08. The summed E-state index contributed by atoms with van der Waals surface area (Å²) in [5.41, 5.74) is -0.269. The van der Waals surface area contributed by atoms with Gasteiger partial charge < -0.3 is 15.7 Å². The van der Waals surface area contributed by atoms with Crippen LogP contribution in [0.5, 0.6) is 0 Å². The van der Waals surface area contributed by atoms with E-state index < -0.39 is 5.60 Å². The van der Waals surface area contributed by atoms with Gasteiger partial charge in [0.05, 0.1) is 12.1 Å². The van der Waals surface area contributed by atoms with E-state index in [1.807, 2.05) is 0 Å². The molecule has 3 N–H and O–H groups in total. The normalized spacial score (nSPS) is 25.6. The van der Waals surface area contributed by atoms with Crippen LogP contribution in [-0.4, -0.2) is 35.7 Å². The van der Waals surface area contributed by atoms with Crippen LogP contribution in [0.4, 0.5) is 0 Å². The second-order valence-electron chi connectivity index (χ2n) is 7.54. The number of amides is 1. The second kappa shape index (κ2) is 6.44. The van der Waals surface area contributed by atoms with Gasteiger partial charge in [-0.1, -0.05) is 26.7 Å². The third-order valence-electron chi connectivity index (χ3n) is 4.99. The Labute approximate surface area is 122 Å². The maximum Gasteiger partial charge on any atom is 0.234 e. The second-order valence-corrected chi connectivity index (χ2v) is 7.54. The number of hydrogen-bond donors (Lipinski definition) is 3. The van der Waals surface area contributed by atoms with E-state index >= 15 is 0 Å². The Balaban J connectivity index is 1.63. The molecule has 2 rings (SSSR count). The molecule has 2 aliphatic carbocycles. The fraction of sp³-hybridized carbons (Fsp3) is 0.938. The van der Waals surface area contributed by atoms with Crippen molar-refractivity contribution in [3.63, 3.8) is 0 Å². The van der Waals surface area contributed by atoms with E-state index in [2.05, 4.69) is 24.5 Å². The first-order valence-electron chi connectivity index (χ1n) is 8.11. The van der Waals surface area contributed by atoms with Gasteiger partial charge in [-0.3, -0.25) is 4.79 Å². The highest BCUT2D eigenvalue weighted by Gasteiger charge is 2.36. The first-order valence-corrected chi connectivity index (χ1v) is 8.11. The van der Waals surface area contributed by atoms with Gasteiger partial charge in [-0.15, -0.1) is 0 Å². The number of carbonyl (C=O) groups is 1. The van der Waals surface area contributed by atoms with Crippen LogP contribution in [0.2, 0.25) is 0 Å². The smallest absolute Gasteiger partial charge is 0.234 e. The summed E-state index contributed by atoms with van der Waals surface area (Å²) in [6, 6.07) is 0.378. The van der Waals surface area contributed by atoms with Crippen LogP contribution in [0.1, 0.15) is 65.2 Å². The molecule has 2 aliphatic rings. The van der Waals surface area contributed by atoms with Crippen LogP contribution in [0.3, 0.4) is 0 Å². The molecular weight excluding hydrogens is 252 g/mol. The Morgan fingerprint density at radius 1 is 1.15 bits per heavy atom. The lowest BCUT2D eigenvalue weighted by Crippen LogP contribution is -2.48. The molecule has 0 aromatic heterocycles. The molecule has 0 heterocycles. The predicted molar refractivity (Wildman–Crippen MR) is 80.5 cm³/mol. The quantitative estimate of drug-likeness (QED) is 0.722. The van der Waals surface area contributed by atoms with E-state index in [1.54, 1.807) is 0 Å². The summed E-state index contributed by atoms with van der Waals surface area (Å²) in [5.74, 6) is 0.0663. The first kappa shape index (κ1) is 15.8. The Morgan fingerprint density at radius 3 is 2.35 bits per heavy atom. The largest absolute Gasteiger partial charge is 0.389 e. The van der Waals surface area contributed by atoms with Gasteiger partial charge in [0.25, 0.3) is 0 Å². The standard InChI is InChI=1S/C16H30N2O2/c1-15(2)7-9-16(20,10-8-15)12-17-11-14(19)18-13-5-3-4-6-13/h13,17,20H,3-12H2,1-2H3,(H,18,19). The van der Waals surface area contributed by atoms with Crippen molar-refractivity contribution in [3.8, 4) is 0 Å². The van der Waals surface area contributed by atoms with Crippen molar-refractivity contribution < 1.29 is 9.90 Å². The van der Waals surface area contributed by atoms with E-state index in [9.17, 15) is 9.90 Å². The van der Waals surface area contributed by atoms with Crippen molar-refractivity contribution in [2.75, 3.05) is 13.1 Å². The van der Waals surface area contributed by atoms with E-state index in [1.165, 1.54) is 12.8 Å². The maximum atomic E-state index is 11.8. The third-order valence-corrected chi connectivity index (χ3v) is 4.99. The molecule has 116 valence electrons. The van der Waals surface area contributed by atoms with Crippen molar-refractivity contribution in [3.05, 3.63) is 0 Å². The Hall–Kier alpha value is -0.610. The third kappa shape index (κ3) is 4.74. The molecule has 0 radical (unpaired) electrons. The van der Waals surface area contributed by atoms with Crippen molar-refractivity contribution in [1.82, 2.24) is 10.6 Å². The zero-order valence-corrected chi connectivity index (χ0v) is 13.0. The summed E-state index contributed by atoms with van der Waals surface area (Å²) in [7, 11) is 0. The van der Waals surface area contributed by atoms with Gasteiger partial charge >= 0.3 is 0 Å². The van der Waals surface area contributed by atoms with E-state index in [4.69, 9.17) is 0 Å². The lowest BCUT2D eigenvalue weighted by atomic mass is 9.71. The van der Waals surface area contributed by atoms with Crippen LogP contribution in [0.25, 0.3) is 0 Å². The van der Waals surface area contributed by atoms with Crippen LogP contribution >= 0.6 is 0 Å². The Bertz CT molecular complexity index is 325. The van der Waals surface area contributed by atoms with Crippen molar-refractivity contribution >= 4 is 5.91 Å². The average Bonchev–Trinajstić information content (AvgIpc) is 2.86. The van der Waals surface area contributed by atoms with E-state index in [0.29, 0.717) is 24.5 Å².